The van der Waals surface area contributed by atoms with E-state index in [4.69, 9.17) is 4.18 Å². The summed E-state index contributed by atoms with van der Waals surface area (Å²) in [5.74, 6) is -0.421. The molecule has 0 radical (unpaired) electrons. The first-order valence-corrected chi connectivity index (χ1v) is 10.1. The maximum atomic E-state index is 13.2. The zero-order valence-electron chi connectivity index (χ0n) is 15.4. The van der Waals surface area contributed by atoms with E-state index >= 15 is 0 Å². The molecule has 0 unspecified atom stereocenters. The van der Waals surface area contributed by atoms with Gasteiger partial charge in [-0.3, -0.25) is 9.48 Å². The van der Waals surface area contributed by atoms with Gasteiger partial charge < -0.3 is 4.18 Å². The molecule has 1 aliphatic rings. The second-order valence-electron chi connectivity index (χ2n) is 6.80. The summed E-state index contributed by atoms with van der Waals surface area (Å²) in [4.78, 5) is 13.2. The van der Waals surface area contributed by atoms with Crippen LogP contribution in [0.15, 0.2) is 53.7 Å². The van der Waals surface area contributed by atoms with Crippen LogP contribution < -0.4 is 4.18 Å². The molecule has 8 nitrogen and oxygen atoms in total. The Morgan fingerprint density at radius 1 is 0.966 bits per heavy atom. The van der Waals surface area contributed by atoms with Crippen molar-refractivity contribution in [3.8, 4) is 17.0 Å². The molecule has 144 valence electrons. The Morgan fingerprint density at radius 2 is 1.66 bits per heavy atom. The molecule has 0 amide bonds. The van der Waals surface area contributed by atoms with Gasteiger partial charge in [0.1, 0.15) is 10.6 Å². The largest absolute Gasteiger partial charge is 0.378 e. The van der Waals surface area contributed by atoms with Crippen LogP contribution in [0.5, 0.6) is 5.75 Å². The number of aromatic nitrogens is 4. The van der Waals surface area contributed by atoms with Crippen LogP contribution in [0.4, 0.5) is 0 Å². The van der Waals surface area contributed by atoms with Crippen molar-refractivity contribution in [2.45, 2.75) is 11.8 Å². The van der Waals surface area contributed by atoms with Gasteiger partial charge in [-0.25, -0.2) is 0 Å². The van der Waals surface area contributed by atoms with Gasteiger partial charge in [0, 0.05) is 18.0 Å². The molecule has 2 aromatic carbocycles. The SMILES string of the molecule is Cc1ccc(S(=O)(=O)Oc2ccc3c4c(nn3C)-c3cnncc3C(=O)c24)cc1. The normalized spacial score (nSPS) is 12.8. The van der Waals surface area contributed by atoms with E-state index in [-0.39, 0.29) is 22.0 Å². The van der Waals surface area contributed by atoms with E-state index in [1.165, 1.54) is 30.6 Å². The minimum Gasteiger partial charge on any atom is -0.378 e. The third-order valence-corrected chi connectivity index (χ3v) is 6.20. The summed E-state index contributed by atoms with van der Waals surface area (Å²) in [5.41, 5.74) is 3.17. The Labute approximate surface area is 165 Å². The molecule has 0 bridgehead atoms. The van der Waals surface area contributed by atoms with Crippen LogP contribution in [0.2, 0.25) is 0 Å². The maximum Gasteiger partial charge on any atom is 0.339 e. The quantitative estimate of drug-likeness (QED) is 0.424. The molecule has 2 aromatic heterocycles. The molecule has 0 atom stereocenters. The molecular formula is C20H14N4O4S. The van der Waals surface area contributed by atoms with E-state index in [0.717, 1.165) is 5.56 Å². The molecule has 2 heterocycles. The average molecular weight is 406 g/mol. The monoisotopic (exact) mass is 406 g/mol. The highest BCUT2D eigenvalue weighted by Crippen LogP contribution is 2.42. The molecule has 0 saturated carbocycles. The molecule has 9 heteroatoms. The second kappa shape index (κ2) is 5.95. The fourth-order valence-electron chi connectivity index (χ4n) is 3.52. The zero-order valence-corrected chi connectivity index (χ0v) is 16.3. The number of benzene rings is 2. The Bertz CT molecular complexity index is 1420. The van der Waals surface area contributed by atoms with Crippen LogP contribution in [0, 0.1) is 6.92 Å². The third-order valence-electron chi connectivity index (χ3n) is 4.95. The van der Waals surface area contributed by atoms with Crippen molar-refractivity contribution in [1.29, 1.82) is 0 Å². The Kier molecular flexibility index (Phi) is 3.59. The van der Waals surface area contributed by atoms with Crippen molar-refractivity contribution in [2.24, 2.45) is 7.05 Å². The van der Waals surface area contributed by atoms with Crippen molar-refractivity contribution in [1.82, 2.24) is 20.0 Å². The fourth-order valence-corrected chi connectivity index (χ4v) is 4.46. The average Bonchev–Trinajstić information content (AvgIpc) is 3.04. The minimum absolute atomic E-state index is 0.0105. The van der Waals surface area contributed by atoms with Gasteiger partial charge in [-0.05, 0) is 31.2 Å². The van der Waals surface area contributed by atoms with Gasteiger partial charge in [-0.2, -0.15) is 23.7 Å². The number of ketones is 1. The molecule has 5 rings (SSSR count). The van der Waals surface area contributed by atoms with Crippen LogP contribution in [-0.2, 0) is 17.2 Å². The predicted octanol–water partition coefficient (Wildman–Crippen LogP) is 2.65. The predicted molar refractivity (Wildman–Crippen MR) is 104 cm³/mol. The topological polar surface area (TPSA) is 104 Å². The number of fused-ring (bicyclic) bond motifs is 2. The third kappa shape index (κ3) is 2.54. The summed E-state index contributed by atoms with van der Waals surface area (Å²) in [6.45, 7) is 1.86. The van der Waals surface area contributed by atoms with Crippen molar-refractivity contribution < 1.29 is 17.4 Å². The van der Waals surface area contributed by atoms with E-state index in [9.17, 15) is 13.2 Å². The Balaban J connectivity index is 1.73. The van der Waals surface area contributed by atoms with Gasteiger partial charge in [-0.15, -0.1) is 0 Å². The van der Waals surface area contributed by atoms with Crippen LogP contribution in [-0.4, -0.2) is 34.2 Å². The molecule has 0 fully saturated rings. The summed E-state index contributed by atoms with van der Waals surface area (Å²) in [6.07, 6.45) is 2.83. The lowest BCUT2D eigenvalue weighted by molar-refractivity contribution is 0.103. The minimum atomic E-state index is -4.12. The van der Waals surface area contributed by atoms with Gasteiger partial charge >= 0.3 is 10.1 Å². The van der Waals surface area contributed by atoms with E-state index in [0.29, 0.717) is 27.7 Å². The lowest BCUT2D eigenvalue weighted by Gasteiger charge is -2.17. The van der Waals surface area contributed by atoms with Crippen LogP contribution in [0.25, 0.3) is 22.2 Å². The highest BCUT2D eigenvalue weighted by Gasteiger charge is 2.33. The van der Waals surface area contributed by atoms with Crippen LogP contribution in [0.1, 0.15) is 21.5 Å². The van der Waals surface area contributed by atoms with E-state index in [1.807, 2.05) is 6.92 Å². The van der Waals surface area contributed by atoms with Crippen molar-refractivity contribution in [3.63, 3.8) is 0 Å². The number of nitrogens with zero attached hydrogens (tertiary/aromatic N) is 4. The maximum absolute atomic E-state index is 13.2. The summed E-state index contributed by atoms with van der Waals surface area (Å²) >= 11 is 0. The summed E-state index contributed by atoms with van der Waals surface area (Å²) < 4.78 is 32.7. The van der Waals surface area contributed by atoms with Crippen molar-refractivity contribution in [3.05, 3.63) is 65.5 Å². The number of rotatable bonds is 3. The molecule has 4 aromatic rings. The first-order valence-electron chi connectivity index (χ1n) is 8.73. The number of hydrogen-bond donors (Lipinski definition) is 0. The smallest absolute Gasteiger partial charge is 0.339 e. The van der Waals surface area contributed by atoms with Crippen molar-refractivity contribution in [2.75, 3.05) is 0 Å². The Hall–Kier alpha value is -3.59. The zero-order chi connectivity index (χ0) is 20.3. The summed E-state index contributed by atoms with van der Waals surface area (Å²) in [6, 6.07) is 9.47. The summed E-state index contributed by atoms with van der Waals surface area (Å²) in [5, 5.41) is 12.7. The molecule has 29 heavy (non-hydrogen) atoms. The highest BCUT2D eigenvalue weighted by atomic mass is 32.2. The lowest BCUT2D eigenvalue weighted by atomic mass is 9.89. The lowest BCUT2D eigenvalue weighted by Crippen LogP contribution is -2.16. The standard InChI is InChI=1S/C20H14N4O4S/c1-11-3-5-12(6-4-11)29(26,27)28-16-8-7-15-17-18(16)20(25)14-10-22-21-9-13(14)19(17)23-24(15)2/h3-10H,1-2H3. The summed E-state index contributed by atoms with van der Waals surface area (Å²) in [7, 11) is -2.37. The molecule has 0 aliphatic heterocycles. The van der Waals surface area contributed by atoms with E-state index in [2.05, 4.69) is 15.3 Å². The number of hydrogen-bond acceptors (Lipinski definition) is 7. The van der Waals surface area contributed by atoms with Gasteiger partial charge in [0.25, 0.3) is 0 Å². The molecular weight excluding hydrogens is 392 g/mol. The molecule has 0 spiro atoms. The van der Waals surface area contributed by atoms with Gasteiger partial charge in [0.15, 0.2) is 11.5 Å². The van der Waals surface area contributed by atoms with E-state index < -0.39 is 10.1 Å². The first kappa shape index (κ1) is 17.5. The van der Waals surface area contributed by atoms with Gasteiger partial charge in [0.2, 0.25) is 0 Å². The van der Waals surface area contributed by atoms with Gasteiger partial charge in [-0.1, -0.05) is 17.7 Å². The number of aryl methyl sites for hydroxylation is 2. The second-order valence-corrected chi connectivity index (χ2v) is 8.35. The van der Waals surface area contributed by atoms with E-state index in [1.54, 1.807) is 29.9 Å². The van der Waals surface area contributed by atoms with Crippen LogP contribution >= 0.6 is 0 Å². The van der Waals surface area contributed by atoms with Crippen molar-refractivity contribution >= 4 is 26.8 Å². The first-order chi connectivity index (χ1) is 13.9. The number of carbonyl (C=O) groups is 1. The van der Waals surface area contributed by atoms with Gasteiger partial charge in [0.05, 0.1) is 29.0 Å². The highest BCUT2D eigenvalue weighted by molar-refractivity contribution is 7.87. The Morgan fingerprint density at radius 3 is 2.38 bits per heavy atom. The number of carbonyl (C=O) groups excluding carboxylic acids is 1. The fraction of sp³-hybridized carbons (Fsp3) is 0.100. The molecule has 0 saturated heterocycles. The molecule has 0 N–H and O–H groups in total. The van der Waals surface area contributed by atoms with Crippen LogP contribution in [0.3, 0.4) is 0 Å². The molecule has 1 aliphatic carbocycles.